The van der Waals surface area contributed by atoms with E-state index in [-0.39, 0.29) is 150 Å². The minimum absolute atomic E-state index is 0. The first-order valence-corrected chi connectivity index (χ1v) is 0. The summed E-state index contributed by atoms with van der Waals surface area (Å²) < 4.78 is 0. The SMILES string of the molecule is C.C.C.C.C.C.C.C.C.C.C.C.[10BH3].[4He].[4He].[7Li+].[7Li+].[H-].[H-]. The van der Waals surface area contributed by atoms with E-state index in [1.807, 2.05) is 0 Å². The minimum Gasteiger partial charge on any atom is -1.00 e. The summed E-state index contributed by atoms with van der Waals surface area (Å²) in [6.07, 6.45) is 0. The van der Waals surface area contributed by atoms with Gasteiger partial charge in [0, 0.05) is 12.3 Å². The molecule has 0 unspecified atom stereocenters. The van der Waals surface area contributed by atoms with Crippen molar-refractivity contribution in [2.45, 2.75) is 89.1 Å². The Balaban J connectivity index is 0. The normalized spacial score (nSPS) is 0. The van der Waals surface area contributed by atoms with E-state index >= 15 is 0 Å². The third-order valence-corrected chi connectivity index (χ3v) is 0. The molecule has 17 heavy (non-hydrogen) atoms. The Kier molecular flexibility index (Phi) is 1010000. The molecule has 0 radical (unpaired) electrons. The largest absolute Gasteiger partial charge is 1.00 e. The van der Waals surface area contributed by atoms with Crippen LogP contribution in [0.2, 0.25) is 0 Å². The maximum atomic E-state index is 0. The molecule has 0 nitrogen and oxygen atoms in total. The van der Waals surface area contributed by atoms with Crippen molar-refractivity contribution >= 4 is 8.41 Å². The molecule has 0 N–H and O–H groups in total. The molecule has 0 heterocycles. The molecule has 5 heteroatoms. The van der Waals surface area contributed by atoms with Crippen LogP contribution >= 0.6 is 0 Å². The van der Waals surface area contributed by atoms with Gasteiger partial charge in [0.05, 0.1) is 8.41 Å². The van der Waals surface area contributed by atoms with Crippen molar-refractivity contribution in [3.63, 3.8) is 0 Å². The molecule has 110 valence electrons. The molecule has 0 aromatic heterocycles. The van der Waals surface area contributed by atoms with Gasteiger partial charge in [-0.2, -0.15) is 0 Å². The average molecular weight is 230 g/mol. The summed E-state index contributed by atoms with van der Waals surface area (Å²) in [7, 11) is 0. The molecule has 0 rings (SSSR count). The van der Waals surface area contributed by atoms with Gasteiger partial charge < -0.3 is 2.85 Å². The Morgan fingerprint density at radius 3 is 0.294 bits per heavy atom. The van der Waals surface area contributed by atoms with E-state index in [1.165, 1.54) is 0 Å². The van der Waals surface area contributed by atoms with Crippen LogP contribution < -0.4 is 37.7 Å². The molecule has 0 aliphatic heterocycles. The molecule has 0 aliphatic rings. The molecule has 0 atom stereocenters. The standard InChI is InChI=1S/12CH4.BH3.2He.2Li.2H/h12*1H4;1H3;;;;;;/q;;;;;;;;;;;;;;;2*+1;2*-1/i;;;;;;;;;;;;1-1;4*1+0;;. The van der Waals surface area contributed by atoms with Crippen LogP contribution in [-0.4, -0.2) is 8.41 Å². The quantitative estimate of drug-likeness (QED) is 0.536. The maximum Gasteiger partial charge on any atom is 1.00 e. The van der Waals surface area contributed by atoms with Crippen molar-refractivity contribution < 1.29 is 52.9 Å². The van der Waals surface area contributed by atoms with Crippen LogP contribution in [0.25, 0.3) is 0 Å². The number of hydrogen-bond donors (Lipinski definition) is 0. The Morgan fingerprint density at radius 1 is 0.294 bits per heavy atom. The van der Waals surface area contributed by atoms with Gasteiger partial charge in [-0.25, -0.2) is 0 Å². The van der Waals surface area contributed by atoms with Crippen molar-refractivity contribution in [1.82, 2.24) is 0 Å². The molecule has 0 saturated heterocycles. The monoisotopic (exact) mass is 229 g/mol. The second kappa shape index (κ2) is 3800. The molecule has 0 spiro atoms. The van der Waals surface area contributed by atoms with E-state index in [0.717, 1.165) is 0 Å². The summed E-state index contributed by atoms with van der Waals surface area (Å²) in [5.74, 6) is 0. The molecule has 0 fully saturated rings. The van der Waals surface area contributed by atoms with Gasteiger partial charge in [-0.15, -0.1) is 0 Å². The predicted molar refractivity (Wildman–Crippen MR) is 92.9 cm³/mol. The van der Waals surface area contributed by atoms with Crippen LogP contribution in [0.4, 0.5) is 0 Å². The van der Waals surface area contributed by atoms with Gasteiger partial charge >= 0.3 is 37.7 Å². The zero-order valence-corrected chi connectivity index (χ0v) is 3.41. The van der Waals surface area contributed by atoms with Crippen molar-refractivity contribution in [3.05, 3.63) is 0 Å². The summed E-state index contributed by atoms with van der Waals surface area (Å²) in [5, 5.41) is 0. The fourth-order valence-electron chi connectivity index (χ4n) is 0. The molecular formula is C12H53BHe2Li2. The van der Waals surface area contributed by atoms with Crippen molar-refractivity contribution in [1.29, 1.82) is 0 Å². The van der Waals surface area contributed by atoms with Crippen LogP contribution in [0.15, 0.2) is 0 Å². The second-order valence-electron chi connectivity index (χ2n) is 0. The molecule has 0 bridgehead atoms. The Hall–Kier alpha value is 1.08. The summed E-state index contributed by atoms with van der Waals surface area (Å²) >= 11 is 0. The van der Waals surface area contributed by atoms with Gasteiger partial charge in [-0.05, 0) is 0 Å². The van der Waals surface area contributed by atoms with E-state index in [9.17, 15) is 0 Å². The van der Waals surface area contributed by atoms with Gasteiger partial charge in [0.25, 0.3) is 0 Å². The Labute approximate surface area is 150 Å². The van der Waals surface area contributed by atoms with Crippen molar-refractivity contribution in [3.8, 4) is 0 Å². The molecule has 0 saturated carbocycles. The zero-order chi connectivity index (χ0) is 0. The first-order chi connectivity index (χ1) is 0. The Morgan fingerprint density at radius 2 is 0.294 bits per heavy atom. The van der Waals surface area contributed by atoms with E-state index < -0.39 is 0 Å². The van der Waals surface area contributed by atoms with Gasteiger partial charge in [0.15, 0.2) is 0 Å². The maximum absolute atomic E-state index is 0. The topological polar surface area (TPSA) is 0 Å². The van der Waals surface area contributed by atoms with Crippen LogP contribution in [0.3, 0.4) is 0 Å². The fraction of sp³-hybridized carbons (Fsp3) is 1.00. The van der Waals surface area contributed by atoms with Crippen LogP contribution in [0, 0.1) is 12.3 Å². The van der Waals surface area contributed by atoms with Gasteiger partial charge in [-0.1, -0.05) is 89.1 Å². The van der Waals surface area contributed by atoms with Crippen molar-refractivity contribution in [2.75, 3.05) is 0 Å². The van der Waals surface area contributed by atoms with Crippen LogP contribution in [0.5, 0.6) is 0 Å². The average Bonchev–Trinajstić information content (AvgIpc) is 0. The smallest absolute Gasteiger partial charge is 1.00 e. The van der Waals surface area contributed by atoms with E-state index in [4.69, 9.17) is 0 Å². The van der Waals surface area contributed by atoms with E-state index in [0.29, 0.717) is 0 Å². The molecule has 0 amide bonds. The van der Waals surface area contributed by atoms with Gasteiger partial charge in [-0.3, -0.25) is 0 Å². The first-order valence-electron chi connectivity index (χ1n) is 0. The summed E-state index contributed by atoms with van der Waals surface area (Å²) in [4.78, 5) is 0. The summed E-state index contributed by atoms with van der Waals surface area (Å²) in [6, 6.07) is 0. The Bertz CT molecular complexity index is 31.7. The molecule has 0 aromatic rings. The third kappa shape index (κ3) is 3340. The fourth-order valence-corrected chi connectivity index (χ4v) is 0. The number of rotatable bonds is 0. The molecule has 0 aliphatic carbocycles. The predicted octanol–water partition coefficient (Wildman–Crippen LogP) is 0.682. The third-order valence-electron chi connectivity index (χ3n) is 0. The summed E-state index contributed by atoms with van der Waals surface area (Å²) in [5.41, 5.74) is 0. The second-order valence-corrected chi connectivity index (χ2v) is 0. The number of hydrogen-bond acceptors (Lipinski definition) is 0. The zero-order valence-electron chi connectivity index (χ0n) is 5.41. The first kappa shape index (κ1) is 4540. The van der Waals surface area contributed by atoms with Crippen LogP contribution in [0.1, 0.15) is 92.0 Å². The van der Waals surface area contributed by atoms with Gasteiger partial charge in [0.1, 0.15) is 0 Å². The van der Waals surface area contributed by atoms with Crippen molar-refractivity contribution in [2.24, 2.45) is 0 Å². The minimum atomic E-state index is 0. The van der Waals surface area contributed by atoms with E-state index in [2.05, 4.69) is 0 Å². The van der Waals surface area contributed by atoms with Crippen LogP contribution in [-0.2, 0) is 0 Å². The van der Waals surface area contributed by atoms with E-state index in [1.54, 1.807) is 0 Å². The van der Waals surface area contributed by atoms with Gasteiger partial charge in [0.2, 0.25) is 0 Å². The molecule has 0 aromatic carbocycles. The molecular weight excluding hydrogens is 176 g/mol. The summed E-state index contributed by atoms with van der Waals surface area (Å²) in [6.45, 7) is 0.